The third-order valence-electron chi connectivity index (χ3n) is 6.54. The number of aryl methyl sites for hydroxylation is 1. The van der Waals surface area contributed by atoms with Crippen LogP contribution in [0, 0.1) is 0 Å². The van der Waals surface area contributed by atoms with Crippen LogP contribution in [0.5, 0.6) is 0 Å². The Hall–Kier alpha value is -4.89. The summed E-state index contributed by atoms with van der Waals surface area (Å²) in [6.45, 7) is 0.0566. The fourth-order valence-electron chi connectivity index (χ4n) is 4.34. The Balaban J connectivity index is 1.48. The van der Waals surface area contributed by atoms with E-state index in [1.54, 1.807) is 30.3 Å². The van der Waals surface area contributed by atoms with Crippen molar-refractivity contribution in [2.24, 2.45) is 0 Å². The van der Waals surface area contributed by atoms with E-state index in [0.29, 0.717) is 18.5 Å². The van der Waals surface area contributed by atoms with Crippen LogP contribution in [0.3, 0.4) is 0 Å². The van der Waals surface area contributed by atoms with E-state index in [9.17, 15) is 18.0 Å². The van der Waals surface area contributed by atoms with Gasteiger partial charge in [0.05, 0.1) is 0 Å². The van der Waals surface area contributed by atoms with E-state index in [1.807, 2.05) is 91.0 Å². The molecule has 2 amide bonds. The zero-order chi connectivity index (χ0) is 30.3. The number of hydrogen-bond donors (Lipinski definition) is 3. The van der Waals surface area contributed by atoms with Crippen molar-refractivity contribution >= 4 is 27.7 Å². The number of para-hydroxylation sites is 1. The number of amides is 2. The predicted octanol–water partition coefficient (Wildman–Crippen LogP) is 5.60. The summed E-state index contributed by atoms with van der Waals surface area (Å²) in [5.74, 6) is -0.461. The first-order chi connectivity index (χ1) is 20.9. The number of rotatable bonds is 14. The average molecular weight is 598 g/mol. The zero-order valence-corrected chi connectivity index (χ0v) is 24.5. The van der Waals surface area contributed by atoms with Gasteiger partial charge in [-0.2, -0.15) is 0 Å². The third kappa shape index (κ3) is 11.1. The van der Waals surface area contributed by atoms with Crippen LogP contribution in [-0.2, 0) is 39.0 Å². The van der Waals surface area contributed by atoms with Crippen molar-refractivity contribution in [3.8, 4) is 0 Å². The van der Waals surface area contributed by atoms with E-state index in [1.165, 1.54) is 6.08 Å². The summed E-state index contributed by atoms with van der Waals surface area (Å²) in [6.07, 6.45) is 1.98. The van der Waals surface area contributed by atoms with Gasteiger partial charge < -0.3 is 15.4 Å². The van der Waals surface area contributed by atoms with Crippen LogP contribution in [0.2, 0.25) is 0 Å². The third-order valence-corrected chi connectivity index (χ3v) is 7.58. The van der Waals surface area contributed by atoms with Crippen LogP contribution in [0.4, 0.5) is 10.5 Å². The molecule has 0 aromatic heterocycles. The summed E-state index contributed by atoms with van der Waals surface area (Å²) in [6, 6.07) is 35.2. The van der Waals surface area contributed by atoms with Gasteiger partial charge in [0.15, 0.2) is 0 Å². The van der Waals surface area contributed by atoms with Crippen molar-refractivity contribution in [3.63, 3.8) is 0 Å². The van der Waals surface area contributed by atoms with Crippen molar-refractivity contribution in [1.29, 1.82) is 0 Å². The quantitative estimate of drug-likeness (QED) is 0.175. The van der Waals surface area contributed by atoms with Crippen molar-refractivity contribution < 1.29 is 22.7 Å². The molecule has 0 spiro atoms. The molecule has 0 fully saturated rings. The number of benzene rings is 4. The van der Waals surface area contributed by atoms with Crippen molar-refractivity contribution in [1.82, 2.24) is 10.6 Å². The lowest BCUT2D eigenvalue weighted by molar-refractivity contribution is -0.123. The number of hydrogen-bond acceptors (Lipinski definition) is 5. The Morgan fingerprint density at radius 3 is 1.84 bits per heavy atom. The van der Waals surface area contributed by atoms with Gasteiger partial charge in [0.1, 0.15) is 12.6 Å². The van der Waals surface area contributed by atoms with E-state index in [4.69, 9.17) is 4.74 Å². The highest BCUT2D eigenvalue weighted by molar-refractivity contribution is 7.95. The largest absolute Gasteiger partial charge is 0.445 e. The maximum absolute atomic E-state index is 13.6. The molecule has 4 rings (SSSR count). The van der Waals surface area contributed by atoms with Crippen LogP contribution in [0.1, 0.15) is 23.1 Å². The molecule has 0 aliphatic rings. The number of carbonyl (C=O) groups is 2. The first-order valence-corrected chi connectivity index (χ1v) is 15.5. The maximum Gasteiger partial charge on any atom is 0.408 e. The lowest BCUT2D eigenvalue weighted by Crippen LogP contribution is -2.50. The lowest BCUT2D eigenvalue weighted by atomic mass is 10.0. The molecule has 0 bridgehead atoms. The highest BCUT2D eigenvalue weighted by Crippen LogP contribution is 2.12. The molecule has 0 saturated carbocycles. The molecule has 222 valence electrons. The van der Waals surface area contributed by atoms with Crippen molar-refractivity contribution in [2.45, 2.75) is 38.0 Å². The zero-order valence-electron chi connectivity index (χ0n) is 23.6. The minimum Gasteiger partial charge on any atom is -0.445 e. The molecule has 0 aliphatic carbocycles. The Morgan fingerprint density at radius 1 is 0.698 bits per heavy atom. The molecular formula is C34H35N3O5S. The van der Waals surface area contributed by atoms with E-state index in [-0.39, 0.29) is 13.0 Å². The van der Waals surface area contributed by atoms with Gasteiger partial charge >= 0.3 is 6.09 Å². The minimum atomic E-state index is -3.84. The molecule has 2 atom stereocenters. The highest BCUT2D eigenvalue weighted by atomic mass is 32.2. The van der Waals surface area contributed by atoms with E-state index in [2.05, 4.69) is 15.4 Å². The van der Waals surface area contributed by atoms with Gasteiger partial charge in [-0.05, 0) is 47.7 Å². The summed E-state index contributed by atoms with van der Waals surface area (Å²) >= 11 is 0. The number of nitrogens with one attached hydrogen (secondary N) is 3. The van der Waals surface area contributed by atoms with E-state index in [0.717, 1.165) is 22.1 Å². The van der Waals surface area contributed by atoms with E-state index >= 15 is 0 Å². The first kappa shape index (κ1) is 31.1. The van der Waals surface area contributed by atoms with Crippen LogP contribution in [0.25, 0.3) is 0 Å². The molecular weight excluding hydrogens is 562 g/mol. The lowest BCUT2D eigenvalue weighted by Gasteiger charge is -2.22. The molecule has 8 nitrogen and oxygen atoms in total. The monoisotopic (exact) mass is 597 g/mol. The Bertz CT molecular complexity index is 1570. The highest BCUT2D eigenvalue weighted by Gasteiger charge is 2.24. The van der Waals surface area contributed by atoms with Gasteiger partial charge in [-0.1, -0.05) is 109 Å². The Morgan fingerprint density at radius 2 is 1.23 bits per heavy atom. The second-order valence-corrected chi connectivity index (χ2v) is 11.5. The summed E-state index contributed by atoms with van der Waals surface area (Å²) in [4.78, 5) is 26.3. The van der Waals surface area contributed by atoms with Gasteiger partial charge in [-0.25, -0.2) is 13.2 Å². The predicted molar refractivity (Wildman–Crippen MR) is 169 cm³/mol. The number of alkyl carbamates (subject to hydrolysis) is 1. The van der Waals surface area contributed by atoms with Crippen LogP contribution in [0.15, 0.2) is 133 Å². The van der Waals surface area contributed by atoms with Crippen molar-refractivity contribution in [2.75, 3.05) is 4.72 Å². The summed E-state index contributed by atoms with van der Waals surface area (Å²) < 4.78 is 33.5. The number of anilines is 1. The fraction of sp³-hybridized carbons (Fsp3) is 0.176. The minimum absolute atomic E-state index is 0.0566. The van der Waals surface area contributed by atoms with Crippen LogP contribution < -0.4 is 15.4 Å². The topological polar surface area (TPSA) is 114 Å². The van der Waals surface area contributed by atoms with Crippen molar-refractivity contribution in [3.05, 3.63) is 150 Å². The number of carbonyl (C=O) groups excluding carboxylic acids is 2. The molecule has 4 aromatic rings. The van der Waals surface area contributed by atoms with Gasteiger partial charge in [0.25, 0.3) is 10.0 Å². The first-order valence-electron chi connectivity index (χ1n) is 14.0. The normalized spacial score (nSPS) is 12.7. The second-order valence-electron chi connectivity index (χ2n) is 9.93. The molecule has 43 heavy (non-hydrogen) atoms. The Kier molecular flexibility index (Phi) is 11.5. The number of ether oxygens (including phenoxy) is 1. The summed E-state index contributed by atoms with van der Waals surface area (Å²) in [5, 5.41) is 6.69. The fourth-order valence-corrected chi connectivity index (χ4v) is 5.26. The molecule has 0 radical (unpaired) electrons. The second kappa shape index (κ2) is 15.9. The molecule has 0 aliphatic heterocycles. The molecule has 9 heteroatoms. The molecule has 0 heterocycles. The molecule has 0 saturated heterocycles. The smallest absolute Gasteiger partial charge is 0.408 e. The summed E-state index contributed by atoms with van der Waals surface area (Å²) in [7, 11) is -3.84. The van der Waals surface area contributed by atoms with Gasteiger partial charge in [-0.15, -0.1) is 0 Å². The molecule has 3 N–H and O–H groups in total. The van der Waals surface area contributed by atoms with Gasteiger partial charge in [-0.3, -0.25) is 9.52 Å². The molecule has 0 unspecified atom stereocenters. The van der Waals surface area contributed by atoms with E-state index < -0.39 is 34.1 Å². The standard InChI is InChI=1S/C34H35N3O5S/c38-33(32(25-28-15-7-2-8-16-28)36-34(39)42-26-29-17-9-3-10-18-29)35-30(22-21-27-13-5-1-6-14-27)23-24-43(40,41)37-31-19-11-4-12-20-31/h1-20,23-24,30,32,37H,21-22,25-26H2,(H,35,38)(H,36,39)/b24-23+/t30-,32-/m0/s1. The van der Waals surface area contributed by atoms with Crippen LogP contribution >= 0.6 is 0 Å². The SMILES string of the molecule is O=C(N[C@@H](Cc1ccccc1)C(=O)N[C@H](/C=C/S(=O)(=O)Nc1ccccc1)CCc1ccccc1)OCc1ccccc1. The van der Waals surface area contributed by atoms with Gasteiger partial charge in [0, 0.05) is 23.6 Å². The maximum atomic E-state index is 13.6. The number of sulfonamides is 1. The average Bonchev–Trinajstić information content (AvgIpc) is 3.03. The Labute approximate surface area is 252 Å². The van der Waals surface area contributed by atoms with Gasteiger partial charge in [0.2, 0.25) is 5.91 Å². The summed E-state index contributed by atoms with van der Waals surface area (Å²) in [5.41, 5.74) is 3.14. The van der Waals surface area contributed by atoms with Crippen LogP contribution in [-0.4, -0.2) is 32.5 Å². The molecule has 4 aromatic carbocycles.